The molecule has 0 heterocycles. The van der Waals surface area contributed by atoms with Gasteiger partial charge in [-0.25, -0.2) is 4.39 Å². The summed E-state index contributed by atoms with van der Waals surface area (Å²) in [7, 11) is 0. The fourth-order valence-electron chi connectivity index (χ4n) is 2.23. The van der Waals surface area contributed by atoms with Gasteiger partial charge in [-0.05, 0) is 30.5 Å². The number of carbonyl (C=O) groups excluding carboxylic acids is 1. The SMILES string of the molecule is O=C(CC(O)c1cccc(F)c1)NC1CC(C(=O)O)C1. The van der Waals surface area contributed by atoms with E-state index in [2.05, 4.69) is 5.32 Å². The minimum Gasteiger partial charge on any atom is -0.481 e. The van der Waals surface area contributed by atoms with Crippen molar-refractivity contribution in [3.05, 3.63) is 35.6 Å². The number of carboxylic acid groups (broad SMARTS) is 1. The van der Waals surface area contributed by atoms with Gasteiger partial charge in [-0.15, -0.1) is 0 Å². The van der Waals surface area contributed by atoms with Gasteiger partial charge in [-0.1, -0.05) is 12.1 Å². The predicted molar refractivity (Wildman–Crippen MR) is 68.3 cm³/mol. The second kappa shape index (κ2) is 6.00. The molecule has 3 N–H and O–H groups in total. The van der Waals surface area contributed by atoms with Crippen molar-refractivity contribution < 1.29 is 24.2 Å². The number of hydrogen-bond acceptors (Lipinski definition) is 3. The molecule has 1 aromatic rings. The molecule has 0 radical (unpaired) electrons. The maximum absolute atomic E-state index is 13.0. The Balaban J connectivity index is 1.79. The molecule has 1 amide bonds. The lowest BCUT2D eigenvalue weighted by molar-refractivity contribution is -0.146. The monoisotopic (exact) mass is 281 g/mol. The molecule has 20 heavy (non-hydrogen) atoms. The fraction of sp³-hybridized carbons (Fsp3) is 0.429. The van der Waals surface area contributed by atoms with Crippen LogP contribution in [-0.4, -0.2) is 28.1 Å². The first kappa shape index (κ1) is 14.5. The fourth-order valence-corrected chi connectivity index (χ4v) is 2.23. The third kappa shape index (κ3) is 3.54. The van der Waals surface area contributed by atoms with Crippen molar-refractivity contribution >= 4 is 11.9 Å². The molecule has 0 saturated heterocycles. The van der Waals surface area contributed by atoms with Crippen LogP contribution < -0.4 is 5.32 Å². The quantitative estimate of drug-likeness (QED) is 0.757. The van der Waals surface area contributed by atoms with Crippen molar-refractivity contribution in [1.29, 1.82) is 0 Å². The molecule has 5 nitrogen and oxygen atoms in total. The molecule has 1 unspecified atom stereocenters. The Labute approximate surface area is 115 Å². The number of amides is 1. The Bertz CT molecular complexity index is 514. The van der Waals surface area contributed by atoms with Crippen LogP contribution in [0.3, 0.4) is 0 Å². The summed E-state index contributed by atoms with van der Waals surface area (Å²) in [5.41, 5.74) is 0.345. The topological polar surface area (TPSA) is 86.6 Å². The average Bonchev–Trinajstić information content (AvgIpc) is 2.32. The number of nitrogens with one attached hydrogen (secondary N) is 1. The molecule has 1 atom stereocenters. The number of hydrogen-bond donors (Lipinski definition) is 3. The first-order chi connectivity index (χ1) is 9.45. The van der Waals surface area contributed by atoms with Gasteiger partial charge in [0.05, 0.1) is 18.4 Å². The summed E-state index contributed by atoms with van der Waals surface area (Å²) < 4.78 is 13.0. The van der Waals surface area contributed by atoms with Gasteiger partial charge >= 0.3 is 5.97 Å². The molecule has 1 aliphatic carbocycles. The van der Waals surface area contributed by atoms with Crippen LogP contribution in [0.15, 0.2) is 24.3 Å². The van der Waals surface area contributed by atoms with Crippen molar-refractivity contribution in [3.8, 4) is 0 Å². The number of halogens is 1. The Morgan fingerprint density at radius 3 is 2.70 bits per heavy atom. The van der Waals surface area contributed by atoms with Crippen LogP contribution in [0.4, 0.5) is 4.39 Å². The van der Waals surface area contributed by atoms with Gasteiger partial charge in [-0.2, -0.15) is 0 Å². The molecule has 0 aromatic heterocycles. The highest BCUT2D eigenvalue weighted by Gasteiger charge is 2.35. The van der Waals surface area contributed by atoms with Crippen LogP contribution in [0.2, 0.25) is 0 Å². The number of aliphatic hydroxyl groups is 1. The third-order valence-electron chi connectivity index (χ3n) is 3.46. The van der Waals surface area contributed by atoms with E-state index < -0.39 is 23.8 Å². The summed E-state index contributed by atoms with van der Waals surface area (Å²) in [4.78, 5) is 22.3. The van der Waals surface area contributed by atoms with Crippen molar-refractivity contribution in [2.75, 3.05) is 0 Å². The van der Waals surface area contributed by atoms with E-state index in [0.29, 0.717) is 18.4 Å². The molecular weight excluding hydrogens is 265 g/mol. The summed E-state index contributed by atoms with van der Waals surface area (Å²) in [5, 5.41) is 21.2. The molecule has 0 bridgehead atoms. The smallest absolute Gasteiger partial charge is 0.306 e. The van der Waals surface area contributed by atoms with Crippen LogP contribution in [0.1, 0.15) is 30.9 Å². The van der Waals surface area contributed by atoms with Gasteiger partial charge in [0.15, 0.2) is 0 Å². The molecule has 1 fully saturated rings. The van der Waals surface area contributed by atoms with Gasteiger partial charge in [0.2, 0.25) is 5.91 Å². The van der Waals surface area contributed by atoms with E-state index in [1.165, 1.54) is 18.2 Å². The molecule has 0 aliphatic heterocycles. The molecular formula is C14H16FNO4. The molecule has 1 saturated carbocycles. The maximum Gasteiger partial charge on any atom is 0.306 e. The van der Waals surface area contributed by atoms with Gasteiger partial charge < -0.3 is 15.5 Å². The molecule has 0 spiro atoms. The molecule has 2 rings (SSSR count). The zero-order valence-electron chi connectivity index (χ0n) is 10.8. The van der Waals surface area contributed by atoms with Crippen LogP contribution in [-0.2, 0) is 9.59 Å². The normalized spacial score (nSPS) is 22.7. The zero-order valence-corrected chi connectivity index (χ0v) is 10.8. The van der Waals surface area contributed by atoms with E-state index >= 15 is 0 Å². The van der Waals surface area contributed by atoms with E-state index in [-0.39, 0.29) is 18.4 Å². The van der Waals surface area contributed by atoms with Gasteiger partial charge in [-0.3, -0.25) is 9.59 Å². The number of aliphatic hydroxyl groups excluding tert-OH is 1. The number of carboxylic acids is 1. The van der Waals surface area contributed by atoms with Gasteiger partial charge in [0.25, 0.3) is 0 Å². The highest BCUT2D eigenvalue weighted by Crippen LogP contribution is 2.27. The van der Waals surface area contributed by atoms with Gasteiger partial charge in [0, 0.05) is 6.04 Å². The van der Waals surface area contributed by atoms with Crippen LogP contribution >= 0.6 is 0 Å². The Kier molecular flexibility index (Phi) is 4.34. The lowest BCUT2D eigenvalue weighted by atomic mass is 9.80. The van der Waals surface area contributed by atoms with Crippen LogP contribution in [0.5, 0.6) is 0 Å². The Morgan fingerprint density at radius 2 is 2.10 bits per heavy atom. The average molecular weight is 281 g/mol. The molecule has 1 aromatic carbocycles. The van der Waals surface area contributed by atoms with Gasteiger partial charge in [0.1, 0.15) is 5.82 Å². The lowest BCUT2D eigenvalue weighted by Crippen LogP contribution is -2.46. The van der Waals surface area contributed by atoms with E-state index in [1.54, 1.807) is 6.07 Å². The maximum atomic E-state index is 13.0. The summed E-state index contributed by atoms with van der Waals surface area (Å²) in [5.74, 6) is -2.08. The van der Waals surface area contributed by atoms with Crippen molar-refractivity contribution in [2.24, 2.45) is 5.92 Å². The summed E-state index contributed by atoms with van der Waals surface area (Å²) in [6.07, 6.45) is -0.410. The Hall–Kier alpha value is -1.95. The van der Waals surface area contributed by atoms with E-state index in [0.717, 1.165) is 0 Å². The van der Waals surface area contributed by atoms with Crippen LogP contribution in [0, 0.1) is 11.7 Å². The number of carbonyl (C=O) groups is 2. The minimum atomic E-state index is -1.07. The van der Waals surface area contributed by atoms with Crippen LogP contribution in [0.25, 0.3) is 0 Å². The summed E-state index contributed by atoms with van der Waals surface area (Å²) >= 11 is 0. The summed E-state index contributed by atoms with van der Waals surface area (Å²) in [6, 6.07) is 5.31. The third-order valence-corrected chi connectivity index (χ3v) is 3.46. The lowest BCUT2D eigenvalue weighted by Gasteiger charge is -2.33. The molecule has 108 valence electrons. The van der Waals surface area contributed by atoms with Crippen molar-refractivity contribution in [2.45, 2.75) is 31.4 Å². The largest absolute Gasteiger partial charge is 0.481 e. The number of benzene rings is 1. The molecule has 6 heteroatoms. The number of aliphatic carboxylic acids is 1. The predicted octanol–water partition coefficient (Wildman–Crippen LogP) is 1.23. The highest BCUT2D eigenvalue weighted by atomic mass is 19.1. The van der Waals surface area contributed by atoms with E-state index in [1.807, 2.05) is 0 Å². The number of rotatable bonds is 5. The zero-order chi connectivity index (χ0) is 14.7. The van der Waals surface area contributed by atoms with Crippen molar-refractivity contribution in [1.82, 2.24) is 5.32 Å². The molecule has 1 aliphatic rings. The second-order valence-corrected chi connectivity index (χ2v) is 5.05. The second-order valence-electron chi connectivity index (χ2n) is 5.05. The van der Waals surface area contributed by atoms with Crippen molar-refractivity contribution in [3.63, 3.8) is 0 Å². The summed E-state index contributed by atoms with van der Waals surface area (Å²) in [6.45, 7) is 0. The highest BCUT2D eigenvalue weighted by molar-refractivity contribution is 5.78. The van der Waals surface area contributed by atoms with E-state index in [9.17, 15) is 19.1 Å². The Morgan fingerprint density at radius 1 is 1.40 bits per heavy atom. The minimum absolute atomic E-state index is 0.150. The first-order valence-corrected chi connectivity index (χ1v) is 6.41. The standard InChI is InChI=1S/C14H16FNO4/c15-10-3-1-2-8(4-10)12(17)7-13(18)16-11-5-9(6-11)14(19)20/h1-4,9,11-12,17H,5-7H2,(H,16,18)(H,19,20). The van der Waals surface area contributed by atoms with E-state index in [4.69, 9.17) is 5.11 Å². The first-order valence-electron chi connectivity index (χ1n) is 6.41.